The first-order valence-corrected chi connectivity index (χ1v) is 12.7. The second-order valence-corrected chi connectivity index (χ2v) is 10.1. The largest absolute Gasteiger partial charge is 0.466 e. The van der Waals surface area contributed by atoms with Gasteiger partial charge in [-0.15, -0.1) is 0 Å². The van der Waals surface area contributed by atoms with Gasteiger partial charge in [0.05, 0.1) is 11.8 Å². The van der Waals surface area contributed by atoms with Crippen LogP contribution in [0, 0.1) is 0 Å². The molecule has 0 N–H and O–H groups in total. The number of hydrogen-bond donors (Lipinski definition) is 0. The van der Waals surface area contributed by atoms with E-state index >= 15 is 0 Å². The fourth-order valence-electron chi connectivity index (χ4n) is 6.56. The summed E-state index contributed by atoms with van der Waals surface area (Å²) in [5, 5.41) is 7.51. The lowest BCUT2D eigenvalue weighted by Crippen LogP contribution is -2.59. The molecule has 3 aliphatic heterocycles. The van der Waals surface area contributed by atoms with Crippen molar-refractivity contribution in [3.8, 4) is 5.75 Å². The van der Waals surface area contributed by atoms with Crippen LogP contribution in [-0.4, -0.2) is 39.4 Å². The first-order chi connectivity index (χ1) is 16.8. The van der Waals surface area contributed by atoms with Gasteiger partial charge in [-0.25, -0.2) is 5.01 Å². The second-order valence-electron chi connectivity index (χ2n) is 10.1. The van der Waals surface area contributed by atoms with E-state index in [2.05, 4.69) is 69.5 Å². The van der Waals surface area contributed by atoms with Crippen molar-refractivity contribution >= 4 is 5.71 Å². The van der Waals surface area contributed by atoms with Gasteiger partial charge in [-0.05, 0) is 42.5 Å². The van der Waals surface area contributed by atoms with E-state index in [0.717, 1.165) is 49.4 Å². The van der Waals surface area contributed by atoms with Crippen LogP contribution in [-0.2, 0) is 6.42 Å². The monoisotopic (exact) mass is 450 g/mol. The van der Waals surface area contributed by atoms with E-state index in [1.807, 2.05) is 18.5 Å². The third-order valence-corrected chi connectivity index (χ3v) is 8.26. The summed E-state index contributed by atoms with van der Waals surface area (Å²) in [5.41, 5.74) is 6.16. The van der Waals surface area contributed by atoms with Crippen molar-refractivity contribution in [1.82, 2.24) is 14.9 Å². The molecule has 0 radical (unpaired) electrons. The number of hydrogen-bond acceptors (Lipinski definition) is 5. The molecular formula is C29H30N4O. The molecule has 5 heteroatoms. The highest BCUT2D eigenvalue weighted by atomic mass is 16.5. The van der Waals surface area contributed by atoms with Gasteiger partial charge in [-0.2, -0.15) is 5.10 Å². The minimum Gasteiger partial charge on any atom is -0.466 e. The molecule has 1 aromatic heterocycles. The lowest BCUT2D eigenvalue weighted by Gasteiger charge is -2.52. The zero-order valence-corrected chi connectivity index (χ0v) is 19.4. The molecule has 0 unspecified atom stereocenters. The van der Waals surface area contributed by atoms with Crippen molar-refractivity contribution in [2.75, 3.05) is 13.1 Å². The minimum atomic E-state index is -0.381. The summed E-state index contributed by atoms with van der Waals surface area (Å²) in [5.74, 6) is 1.03. The third-order valence-electron chi connectivity index (χ3n) is 8.26. The number of ether oxygens (including phenoxy) is 1. The molecule has 1 saturated heterocycles. The van der Waals surface area contributed by atoms with Gasteiger partial charge in [-0.3, -0.25) is 9.88 Å². The second kappa shape index (κ2) is 7.95. The zero-order valence-electron chi connectivity index (χ0n) is 19.4. The molecule has 2 atom stereocenters. The molecule has 4 heterocycles. The number of nitrogens with zero attached hydrogens (tertiary/aromatic N) is 4. The first kappa shape index (κ1) is 20.2. The normalized spacial score (nSPS) is 25.2. The lowest BCUT2D eigenvalue weighted by atomic mass is 9.84. The summed E-state index contributed by atoms with van der Waals surface area (Å²) in [4.78, 5) is 7.04. The summed E-state index contributed by atoms with van der Waals surface area (Å²) in [6, 6.07) is 22.5. The van der Waals surface area contributed by atoms with Crippen molar-refractivity contribution in [3.05, 3.63) is 95.3 Å². The number of rotatable bonds is 2. The Morgan fingerprint density at radius 3 is 2.56 bits per heavy atom. The molecule has 172 valence electrons. The molecule has 7 rings (SSSR count). The van der Waals surface area contributed by atoms with Crippen molar-refractivity contribution < 1.29 is 4.74 Å². The summed E-state index contributed by atoms with van der Waals surface area (Å²) in [6.07, 6.45) is 10.3. The van der Waals surface area contributed by atoms with Crippen LogP contribution < -0.4 is 4.74 Å². The molecule has 1 fully saturated rings. The Morgan fingerprint density at radius 2 is 1.71 bits per heavy atom. The van der Waals surface area contributed by atoms with Gasteiger partial charge in [0.15, 0.2) is 0 Å². The molecule has 2 aromatic carbocycles. The maximum atomic E-state index is 6.84. The molecule has 0 amide bonds. The van der Waals surface area contributed by atoms with Gasteiger partial charge in [0, 0.05) is 61.9 Å². The van der Waals surface area contributed by atoms with Crippen molar-refractivity contribution in [2.24, 2.45) is 5.10 Å². The fourth-order valence-corrected chi connectivity index (χ4v) is 6.56. The molecule has 3 aromatic rings. The maximum absolute atomic E-state index is 6.84. The first-order valence-electron chi connectivity index (χ1n) is 12.7. The van der Waals surface area contributed by atoms with Gasteiger partial charge in [0.2, 0.25) is 5.72 Å². The smallest absolute Gasteiger partial charge is 0.200 e. The minimum absolute atomic E-state index is 0.224. The predicted octanol–water partition coefficient (Wildman–Crippen LogP) is 5.49. The van der Waals surface area contributed by atoms with Gasteiger partial charge in [0.25, 0.3) is 0 Å². The van der Waals surface area contributed by atoms with Crippen LogP contribution >= 0.6 is 0 Å². The molecule has 1 aliphatic carbocycles. The fraction of sp³-hybridized carbons (Fsp3) is 0.379. The number of aromatic nitrogens is 1. The number of aryl methyl sites for hydroxylation is 1. The standard InChI is InChI=1S/C29H30N4O/c1-2-10-23-21(7-1)8-5-12-26(23)32-17-14-29(15-18-32)33-27(24-11-3-4-13-28(24)34-29)19-25(31-33)22-9-6-16-30-20-22/h1-4,6-7,9-11,13,16,20,26-27H,5,8,12,14-15,17-19H2/t26-,27-/m0/s1. The highest BCUT2D eigenvalue weighted by molar-refractivity contribution is 6.01. The number of hydrazone groups is 1. The summed E-state index contributed by atoms with van der Waals surface area (Å²) in [7, 11) is 0. The number of piperidine rings is 1. The SMILES string of the molecule is c1cncc(C2=NN3[C@@H](C2)c2ccccc2OC32CCN([C@H]3CCCc4ccccc43)CC2)c1. The van der Waals surface area contributed by atoms with Gasteiger partial charge in [0.1, 0.15) is 5.75 Å². The number of fused-ring (bicyclic) bond motifs is 5. The highest BCUT2D eigenvalue weighted by Gasteiger charge is 2.52. The lowest BCUT2D eigenvalue weighted by molar-refractivity contribution is -0.153. The van der Waals surface area contributed by atoms with Crippen LogP contribution in [0.4, 0.5) is 0 Å². The number of benzene rings is 2. The average Bonchev–Trinajstić information content (AvgIpc) is 3.37. The maximum Gasteiger partial charge on any atom is 0.200 e. The van der Waals surface area contributed by atoms with Crippen molar-refractivity contribution in [2.45, 2.75) is 56.3 Å². The van der Waals surface area contributed by atoms with Crippen LogP contribution in [0.25, 0.3) is 0 Å². The predicted molar refractivity (Wildman–Crippen MR) is 133 cm³/mol. The van der Waals surface area contributed by atoms with Crippen LogP contribution in [0.15, 0.2) is 78.2 Å². The third kappa shape index (κ3) is 3.17. The van der Waals surface area contributed by atoms with Crippen LogP contribution in [0.3, 0.4) is 0 Å². The quantitative estimate of drug-likeness (QED) is 0.517. The van der Waals surface area contributed by atoms with Crippen LogP contribution in [0.1, 0.15) is 66.4 Å². The van der Waals surface area contributed by atoms with Crippen molar-refractivity contribution in [3.63, 3.8) is 0 Å². The molecular weight excluding hydrogens is 420 g/mol. The molecule has 0 saturated carbocycles. The van der Waals surface area contributed by atoms with E-state index in [1.165, 1.54) is 36.0 Å². The average molecular weight is 451 g/mol. The Hall–Kier alpha value is -3.18. The Balaban J connectivity index is 1.20. The van der Waals surface area contributed by atoms with Gasteiger partial charge >= 0.3 is 0 Å². The summed E-state index contributed by atoms with van der Waals surface area (Å²) >= 11 is 0. The van der Waals surface area contributed by atoms with Crippen molar-refractivity contribution in [1.29, 1.82) is 0 Å². The molecule has 0 bridgehead atoms. The molecule has 4 aliphatic rings. The topological polar surface area (TPSA) is 41.0 Å². The Kier molecular flexibility index (Phi) is 4.73. The number of para-hydroxylation sites is 1. The van der Waals surface area contributed by atoms with E-state index in [9.17, 15) is 0 Å². The van der Waals surface area contributed by atoms with E-state index in [-0.39, 0.29) is 11.8 Å². The van der Waals surface area contributed by atoms with Gasteiger partial charge < -0.3 is 4.74 Å². The Bertz CT molecular complexity index is 1230. The summed E-state index contributed by atoms with van der Waals surface area (Å²) in [6.45, 7) is 2.06. The van der Waals surface area contributed by atoms with E-state index < -0.39 is 0 Å². The number of pyridine rings is 1. The van der Waals surface area contributed by atoms with E-state index in [4.69, 9.17) is 9.84 Å². The number of likely N-dealkylation sites (tertiary alicyclic amines) is 1. The van der Waals surface area contributed by atoms with Crippen LogP contribution in [0.5, 0.6) is 5.75 Å². The van der Waals surface area contributed by atoms with Gasteiger partial charge in [-0.1, -0.05) is 48.5 Å². The highest BCUT2D eigenvalue weighted by Crippen LogP contribution is 2.50. The molecule has 5 nitrogen and oxygen atoms in total. The Morgan fingerprint density at radius 1 is 0.882 bits per heavy atom. The summed E-state index contributed by atoms with van der Waals surface area (Å²) < 4.78 is 6.84. The van der Waals surface area contributed by atoms with Crippen LogP contribution in [0.2, 0.25) is 0 Å². The van der Waals surface area contributed by atoms with E-state index in [1.54, 1.807) is 0 Å². The zero-order chi connectivity index (χ0) is 22.5. The molecule has 1 spiro atoms. The molecule has 34 heavy (non-hydrogen) atoms. The van der Waals surface area contributed by atoms with E-state index in [0.29, 0.717) is 6.04 Å². The Labute approximate surface area is 201 Å².